The van der Waals surface area contributed by atoms with Crippen molar-refractivity contribution < 1.29 is 14.3 Å². The Morgan fingerprint density at radius 1 is 1.21 bits per heavy atom. The lowest BCUT2D eigenvalue weighted by atomic mass is 9.92. The molecule has 0 spiro atoms. The van der Waals surface area contributed by atoms with Crippen LogP contribution in [0.1, 0.15) is 49.5 Å². The fraction of sp³-hybridized carbons (Fsp3) is 0.435. The van der Waals surface area contributed by atoms with E-state index < -0.39 is 5.66 Å². The molecule has 2 atom stereocenters. The van der Waals surface area contributed by atoms with Crippen LogP contribution in [0.3, 0.4) is 0 Å². The SMILES string of the molecule is CC(C)N1C(=O)c2ccccc2NC1(C)c1ccc(OCC2CCCO2)cc1. The summed E-state index contributed by atoms with van der Waals surface area (Å²) in [7, 11) is 0. The smallest absolute Gasteiger partial charge is 0.258 e. The van der Waals surface area contributed by atoms with Gasteiger partial charge in [-0.1, -0.05) is 24.3 Å². The summed E-state index contributed by atoms with van der Waals surface area (Å²) >= 11 is 0. The molecule has 5 nitrogen and oxygen atoms in total. The largest absolute Gasteiger partial charge is 0.491 e. The fourth-order valence-corrected chi connectivity index (χ4v) is 4.24. The van der Waals surface area contributed by atoms with Crippen LogP contribution in [-0.4, -0.2) is 36.2 Å². The van der Waals surface area contributed by atoms with Gasteiger partial charge in [0.1, 0.15) is 18.0 Å². The maximum Gasteiger partial charge on any atom is 0.258 e. The Labute approximate surface area is 166 Å². The third kappa shape index (κ3) is 3.35. The number of anilines is 1. The molecule has 148 valence electrons. The minimum absolute atomic E-state index is 0.0468. The summed E-state index contributed by atoms with van der Waals surface area (Å²) < 4.78 is 11.5. The second-order valence-corrected chi connectivity index (χ2v) is 7.98. The van der Waals surface area contributed by atoms with Crippen LogP contribution in [0.5, 0.6) is 5.75 Å². The Hall–Kier alpha value is -2.53. The van der Waals surface area contributed by atoms with E-state index in [0.29, 0.717) is 12.2 Å². The number of ether oxygens (including phenoxy) is 2. The highest BCUT2D eigenvalue weighted by Crippen LogP contribution is 2.39. The Morgan fingerprint density at radius 2 is 1.96 bits per heavy atom. The molecule has 2 aromatic rings. The molecule has 2 aliphatic rings. The average molecular weight is 380 g/mol. The van der Waals surface area contributed by atoms with E-state index >= 15 is 0 Å². The lowest BCUT2D eigenvalue weighted by Gasteiger charge is -2.48. The van der Waals surface area contributed by atoms with Crippen molar-refractivity contribution in [1.82, 2.24) is 4.90 Å². The summed E-state index contributed by atoms with van der Waals surface area (Å²) in [5.41, 5.74) is 1.97. The normalized spacial score (nSPS) is 24.2. The fourth-order valence-electron chi connectivity index (χ4n) is 4.24. The molecule has 2 aromatic carbocycles. The maximum absolute atomic E-state index is 13.2. The molecule has 0 saturated carbocycles. The van der Waals surface area contributed by atoms with Crippen molar-refractivity contribution in [3.05, 3.63) is 59.7 Å². The molecule has 1 amide bonds. The lowest BCUT2D eigenvalue weighted by Crippen LogP contribution is -2.58. The third-order valence-corrected chi connectivity index (χ3v) is 5.63. The zero-order chi connectivity index (χ0) is 19.7. The van der Waals surface area contributed by atoms with E-state index in [0.717, 1.165) is 36.4 Å². The van der Waals surface area contributed by atoms with Crippen molar-refractivity contribution in [3.63, 3.8) is 0 Å². The van der Waals surface area contributed by atoms with Crippen LogP contribution in [0.4, 0.5) is 5.69 Å². The summed E-state index contributed by atoms with van der Waals surface area (Å²) in [6.07, 6.45) is 2.37. The predicted octanol–water partition coefficient (Wildman–Crippen LogP) is 4.39. The highest BCUT2D eigenvalue weighted by molar-refractivity contribution is 6.02. The molecule has 1 saturated heterocycles. The molecule has 1 N–H and O–H groups in total. The van der Waals surface area contributed by atoms with Gasteiger partial charge in [0.25, 0.3) is 5.91 Å². The Balaban J connectivity index is 1.59. The van der Waals surface area contributed by atoms with Crippen molar-refractivity contribution in [1.29, 1.82) is 0 Å². The minimum atomic E-state index is -0.632. The van der Waals surface area contributed by atoms with Gasteiger partial charge in [0.2, 0.25) is 0 Å². The first-order valence-electron chi connectivity index (χ1n) is 10.0. The number of carbonyl (C=O) groups is 1. The van der Waals surface area contributed by atoms with Crippen LogP contribution < -0.4 is 10.1 Å². The van der Waals surface area contributed by atoms with Crippen LogP contribution in [-0.2, 0) is 10.4 Å². The van der Waals surface area contributed by atoms with Gasteiger partial charge in [-0.25, -0.2) is 0 Å². The van der Waals surface area contributed by atoms with E-state index in [1.807, 2.05) is 67.3 Å². The molecule has 28 heavy (non-hydrogen) atoms. The summed E-state index contributed by atoms with van der Waals surface area (Å²) in [5, 5.41) is 3.59. The molecule has 4 rings (SSSR count). The van der Waals surface area contributed by atoms with Crippen molar-refractivity contribution in [2.24, 2.45) is 0 Å². The standard InChI is InChI=1S/C23H28N2O3/c1-16(2)25-22(26)20-8-4-5-9-21(20)24-23(25,3)17-10-12-18(13-11-17)28-15-19-7-6-14-27-19/h4-5,8-13,16,19,24H,6-7,14-15H2,1-3H3. The number of amides is 1. The Morgan fingerprint density at radius 3 is 2.64 bits per heavy atom. The van der Waals surface area contributed by atoms with Gasteiger partial charge in [0.05, 0.1) is 11.7 Å². The number of nitrogens with zero attached hydrogens (tertiary/aromatic N) is 1. The van der Waals surface area contributed by atoms with Crippen molar-refractivity contribution >= 4 is 11.6 Å². The number of para-hydroxylation sites is 1. The second-order valence-electron chi connectivity index (χ2n) is 7.98. The van der Waals surface area contributed by atoms with Gasteiger partial charge in [-0.3, -0.25) is 4.79 Å². The van der Waals surface area contributed by atoms with Gasteiger partial charge in [0.15, 0.2) is 0 Å². The molecule has 5 heteroatoms. The Kier molecular flexibility index (Phi) is 5.02. The maximum atomic E-state index is 13.2. The van der Waals surface area contributed by atoms with E-state index in [-0.39, 0.29) is 18.1 Å². The molecule has 0 aliphatic carbocycles. The summed E-state index contributed by atoms with van der Waals surface area (Å²) in [6.45, 7) is 7.56. The van der Waals surface area contributed by atoms with E-state index in [1.54, 1.807) is 0 Å². The van der Waals surface area contributed by atoms with Gasteiger partial charge >= 0.3 is 0 Å². The quantitative estimate of drug-likeness (QED) is 0.836. The number of fused-ring (bicyclic) bond motifs is 1. The number of carbonyl (C=O) groups excluding carboxylic acids is 1. The molecule has 2 unspecified atom stereocenters. The number of nitrogens with one attached hydrogen (secondary N) is 1. The van der Waals surface area contributed by atoms with Crippen LogP contribution in [0.25, 0.3) is 0 Å². The van der Waals surface area contributed by atoms with Gasteiger partial charge in [-0.15, -0.1) is 0 Å². The first kappa shape index (κ1) is 18.8. The Bertz CT molecular complexity index is 843. The molecule has 2 heterocycles. The molecular weight excluding hydrogens is 352 g/mol. The first-order chi connectivity index (χ1) is 13.5. The number of hydrogen-bond acceptors (Lipinski definition) is 4. The van der Waals surface area contributed by atoms with E-state index in [1.165, 1.54) is 0 Å². The summed E-state index contributed by atoms with van der Waals surface area (Å²) in [6, 6.07) is 15.8. The van der Waals surface area contributed by atoms with Crippen molar-refractivity contribution in [2.75, 3.05) is 18.5 Å². The molecule has 0 radical (unpaired) electrons. The topological polar surface area (TPSA) is 50.8 Å². The van der Waals surface area contributed by atoms with E-state index in [4.69, 9.17) is 9.47 Å². The molecular formula is C23H28N2O3. The van der Waals surface area contributed by atoms with Crippen molar-refractivity contribution in [2.45, 2.75) is 51.4 Å². The van der Waals surface area contributed by atoms with Crippen LogP contribution in [0.2, 0.25) is 0 Å². The number of rotatable bonds is 5. The molecule has 0 aromatic heterocycles. The lowest BCUT2D eigenvalue weighted by molar-refractivity contribution is 0.0433. The first-order valence-corrected chi connectivity index (χ1v) is 10.0. The zero-order valence-electron chi connectivity index (χ0n) is 16.8. The minimum Gasteiger partial charge on any atom is -0.491 e. The van der Waals surface area contributed by atoms with Gasteiger partial charge in [0, 0.05) is 18.3 Å². The van der Waals surface area contributed by atoms with Crippen LogP contribution in [0, 0.1) is 0 Å². The van der Waals surface area contributed by atoms with Gasteiger partial charge in [-0.2, -0.15) is 0 Å². The van der Waals surface area contributed by atoms with E-state index in [9.17, 15) is 4.79 Å². The molecule has 2 aliphatic heterocycles. The monoisotopic (exact) mass is 380 g/mol. The van der Waals surface area contributed by atoms with Gasteiger partial charge in [-0.05, 0) is 63.4 Å². The zero-order valence-corrected chi connectivity index (χ0v) is 16.8. The van der Waals surface area contributed by atoms with Gasteiger partial charge < -0.3 is 19.7 Å². The third-order valence-electron chi connectivity index (χ3n) is 5.63. The van der Waals surface area contributed by atoms with Crippen molar-refractivity contribution in [3.8, 4) is 5.75 Å². The number of benzene rings is 2. The number of hydrogen-bond donors (Lipinski definition) is 1. The van der Waals surface area contributed by atoms with Crippen LogP contribution in [0.15, 0.2) is 48.5 Å². The highest BCUT2D eigenvalue weighted by atomic mass is 16.5. The molecule has 0 bridgehead atoms. The summed E-state index contributed by atoms with van der Waals surface area (Å²) in [4.78, 5) is 15.1. The second kappa shape index (κ2) is 7.47. The van der Waals surface area contributed by atoms with E-state index in [2.05, 4.69) is 12.2 Å². The molecule has 1 fully saturated rings. The summed E-state index contributed by atoms with van der Waals surface area (Å²) in [5.74, 6) is 0.868. The van der Waals surface area contributed by atoms with Crippen LogP contribution >= 0.6 is 0 Å². The average Bonchev–Trinajstić information content (AvgIpc) is 3.20. The predicted molar refractivity (Wildman–Crippen MR) is 110 cm³/mol. The highest BCUT2D eigenvalue weighted by Gasteiger charge is 2.43.